The Hall–Kier alpha value is -2.20. The van der Waals surface area contributed by atoms with E-state index in [-0.39, 0.29) is 0 Å². The van der Waals surface area contributed by atoms with E-state index in [4.69, 9.17) is 14.8 Å². The maximum Gasteiger partial charge on any atom is 0.163 e. The van der Waals surface area contributed by atoms with Gasteiger partial charge in [0.15, 0.2) is 11.5 Å². The third-order valence-electron chi connectivity index (χ3n) is 5.61. The van der Waals surface area contributed by atoms with Crippen LogP contribution in [0.2, 0.25) is 0 Å². The quantitative estimate of drug-likeness (QED) is 0.775. The SMILES string of the molecule is COc1ccc(N2CC[N][C@@H](Cc3ccccc3)C2)cc1OC1CCCC1. The molecule has 4 nitrogen and oxygen atoms in total. The van der Waals surface area contributed by atoms with Crippen LogP contribution in [0.5, 0.6) is 11.5 Å². The van der Waals surface area contributed by atoms with Crippen LogP contribution >= 0.6 is 0 Å². The van der Waals surface area contributed by atoms with Crippen molar-refractivity contribution in [3.63, 3.8) is 0 Å². The van der Waals surface area contributed by atoms with Gasteiger partial charge in [-0.2, -0.15) is 0 Å². The number of hydrogen-bond acceptors (Lipinski definition) is 3. The van der Waals surface area contributed by atoms with Crippen molar-refractivity contribution in [1.29, 1.82) is 0 Å². The van der Waals surface area contributed by atoms with Gasteiger partial charge in [-0.1, -0.05) is 30.3 Å². The molecule has 0 unspecified atom stereocenters. The Kier molecular flexibility index (Phi) is 5.83. The molecule has 4 heteroatoms. The van der Waals surface area contributed by atoms with E-state index in [0.29, 0.717) is 12.1 Å². The number of methoxy groups -OCH3 is 1. The Morgan fingerprint density at radius 1 is 1.04 bits per heavy atom. The fourth-order valence-electron chi connectivity index (χ4n) is 4.15. The minimum absolute atomic E-state index is 0.330. The second-order valence-corrected chi connectivity index (χ2v) is 7.56. The third kappa shape index (κ3) is 4.56. The number of hydrogen-bond donors (Lipinski definition) is 0. The lowest BCUT2D eigenvalue weighted by Crippen LogP contribution is -2.48. The Balaban J connectivity index is 1.46. The molecule has 0 aromatic heterocycles. The summed E-state index contributed by atoms with van der Waals surface area (Å²) in [5, 5.41) is 4.84. The van der Waals surface area contributed by atoms with Crippen LogP contribution in [-0.2, 0) is 6.42 Å². The normalized spacial score (nSPS) is 20.6. The molecule has 0 amide bonds. The van der Waals surface area contributed by atoms with Crippen molar-refractivity contribution in [3.8, 4) is 11.5 Å². The molecule has 1 saturated heterocycles. The molecule has 1 saturated carbocycles. The highest BCUT2D eigenvalue weighted by atomic mass is 16.5. The van der Waals surface area contributed by atoms with Crippen LogP contribution in [0.4, 0.5) is 5.69 Å². The summed E-state index contributed by atoms with van der Waals surface area (Å²) in [6, 6.07) is 17.3. The highest BCUT2D eigenvalue weighted by Crippen LogP contribution is 2.35. The van der Waals surface area contributed by atoms with E-state index in [2.05, 4.69) is 47.4 Å². The van der Waals surface area contributed by atoms with Crippen molar-refractivity contribution in [2.45, 2.75) is 44.2 Å². The van der Waals surface area contributed by atoms with Gasteiger partial charge < -0.3 is 14.4 Å². The Bertz CT molecular complexity index is 728. The lowest BCUT2D eigenvalue weighted by molar-refractivity contribution is 0.201. The largest absolute Gasteiger partial charge is 0.493 e. The molecule has 1 aliphatic heterocycles. The van der Waals surface area contributed by atoms with E-state index in [0.717, 1.165) is 50.4 Å². The predicted molar refractivity (Wildman–Crippen MR) is 109 cm³/mol. The van der Waals surface area contributed by atoms with Gasteiger partial charge >= 0.3 is 0 Å². The van der Waals surface area contributed by atoms with Crippen molar-refractivity contribution < 1.29 is 9.47 Å². The summed E-state index contributed by atoms with van der Waals surface area (Å²) >= 11 is 0. The highest BCUT2D eigenvalue weighted by molar-refractivity contribution is 5.57. The van der Waals surface area contributed by atoms with Gasteiger partial charge in [0, 0.05) is 37.4 Å². The first-order valence-electron chi connectivity index (χ1n) is 10.1. The van der Waals surface area contributed by atoms with Crippen molar-refractivity contribution in [2.24, 2.45) is 0 Å². The minimum Gasteiger partial charge on any atom is -0.493 e. The Morgan fingerprint density at radius 2 is 1.85 bits per heavy atom. The van der Waals surface area contributed by atoms with Gasteiger partial charge in [-0.05, 0) is 49.8 Å². The van der Waals surface area contributed by atoms with Gasteiger partial charge in [-0.15, -0.1) is 0 Å². The van der Waals surface area contributed by atoms with Crippen LogP contribution in [0.3, 0.4) is 0 Å². The summed E-state index contributed by atoms with van der Waals surface area (Å²) in [6.07, 6.45) is 6.16. The van der Waals surface area contributed by atoms with Gasteiger partial charge in [0.05, 0.1) is 13.2 Å². The van der Waals surface area contributed by atoms with Crippen LogP contribution in [0.15, 0.2) is 48.5 Å². The lowest BCUT2D eigenvalue weighted by atomic mass is 10.0. The molecule has 1 atom stereocenters. The maximum absolute atomic E-state index is 6.28. The molecule has 1 heterocycles. The summed E-state index contributed by atoms with van der Waals surface area (Å²) in [7, 11) is 1.71. The predicted octanol–water partition coefficient (Wildman–Crippen LogP) is 4.05. The second-order valence-electron chi connectivity index (χ2n) is 7.56. The zero-order valence-corrected chi connectivity index (χ0v) is 16.1. The van der Waals surface area contributed by atoms with Gasteiger partial charge in [0.1, 0.15) is 0 Å². The number of anilines is 1. The molecule has 0 spiro atoms. The zero-order valence-electron chi connectivity index (χ0n) is 16.1. The number of rotatable bonds is 6. The molecule has 0 N–H and O–H groups in total. The smallest absolute Gasteiger partial charge is 0.163 e. The van der Waals surface area contributed by atoms with Crippen LogP contribution in [-0.4, -0.2) is 38.9 Å². The first-order valence-corrected chi connectivity index (χ1v) is 10.1. The fraction of sp³-hybridized carbons (Fsp3) is 0.478. The van der Waals surface area contributed by atoms with E-state index in [9.17, 15) is 0 Å². The molecule has 2 aromatic carbocycles. The number of ether oxygens (including phenoxy) is 2. The second kappa shape index (κ2) is 8.66. The Labute approximate surface area is 162 Å². The third-order valence-corrected chi connectivity index (χ3v) is 5.61. The maximum atomic E-state index is 6.28. The average Bonchev–Trinajstić information content (AvgIpc) is 3.22. The van der Waals surface area contributed by atoms with E-state index < -0.39 is 0 Å². The summed E-state index contributed by atoms with van der Waals surface area (Å²) < 4.78 is 11.8. The molecule has 27 heavy (non-hydrogen) atoms. The molecule has 2 fully saturated rings. The van der Waals surface area contributed by atoms with Gasteiger partial charge in [0.25, 0.3) is 0 Å². The summed E-state index contributed by atoms with van der Waals surface area (Å²) in [5.74, 6) is 1.71. The van der Waals surface area contributed by atoms with Crippen molar-refractivity contribution in [2.75, 3.05) is 31.6 Å². The molecule has 0 bridgehead atoms. The Morgan fingerprint density at radius 3 is 2.63 bits per heavy atom. The van der Waals surface area contributed by atoms with Crippen molar-refractivity contribution >= 4 is 5.69 Å². The van der Waals surface area contributed by atoms with Crippen LogP contribution in [0.25, 0.3) is 0 Å². The van der Waals surface area contributed by atoms with E-state index in [1.165, 1.54) is 24.1 Å². The molecule has 1 radical (unpaired) electrons. The summed E-state index contributed by atoms with van der Waals surface area (Å²) in [4.78, 5) is 2.43. The highest BCUT2D eigenvalue weighted by Gasteiger charge is 2.23. The molecular weight excluding hydrogens is 336 g/mol. The topological polar surface area (TPSA) is 35.8 Å². The number of benzene rings is 2. The van der Waals surface area contributed by atoms with Crippen molar-refractivity contribution in [1.82, 2.24) is 5.32 Å². The lowest BCUT2D eigenvalue weighted by Gasteiger charge is -2.34. The van der Waals surface area contributed by atoms with Crippen LogP contribution < -0.4 is 19.7 Å². The monoisotopic (exact) mass is 365 g/mol. The van der Waals surface area contributed by atoms with Crippen LogP contribution in [0.1, 0.15) is 31.2 Å². The average molecular weight is 365 g/mol. The van der Waals surface area contributed by atoms with E-state index in [1.54, 1.807) is 7.11 Å². The van der Waals surface area contributed by atoms with E-state index >= 15 is 0 Å². The number of nitrogens with zero attached hydrogens (tertiary/aromatic N) is 2. The van der Waals surface area contributed by atoms with Gasteiger partial charge in [-0.3, -0.25) is 0 Å². The zero-order chi connectivity index (χ0) is 18.5. The fourth-order valence-corrected chi connectivity index (χ4v) is 4.15. The van der Waals surface area contributed by atoms with Crippen molar-refractivity contribution in [3.05, 3.63) is 54.1 Å². The molecule has 2 aromatic rings. The van der Waals surface area contributed by atoms with Gasteiger partial charge in [-0.25, -0.2) is 5.32 Å². The minimum atomic E-state index is 0.330. The molecule has 2 aliphatic rings. The van der Waals surface area contributed by atoms with Gasteiger partial charge in [0.2, 0.25) is 0 Å². The number of piperazine rings is 1. The molecule has 4 rings (SSSR count). The first kappa shape index (κ1) is 18.2. The van der Waals surface area contributed by atoms with E-state index in [1.807, 2.05) is 6.07 Å². The summed E-state index contributed by atoms with van der Waals surface area (Å²) in [5.41, 5.74) is 2.56. The molecule has 143 valence electrons. The molecule has 1 aliphatic carbocycles. The molecular formula is C23H29N2O2. The first-order chi connectivity index (χ1) is 13.3. The summed E-state index contributed by atoms with van der Waals surface area (Å²) in [6.45, 7) is 2.78. The standard InChI is InChI=1S/C23H29N2O2/c1-26-22-12-11-20(16-23(22)27-21-9-5-6-10-21)25-14-13-24-19(17-25)15-18-7-3-2-4-8-18/h2-4,7-8,11-12,16,19,21H,5-6,9-10,13-15,17H2,1H3/t19-/m0/s1. The van der Waals surface area contributed by atoms with Crippen LogP contribution in [0, 0.1) is 0 Å².